The SMILES string of the molecule is O=Cc1ccc(OCC(=O)N2CCCCCC2)c(Cl)c1. The van der Waals surface area contributed by atoms with Crippen molar-refractivity contribution < 1.29 is 14.3 Å². The van der Waals surface area contributed by atoms with Crippen molar-refractivity contribution in [2.24, 2.45) is 0 Å². The van der Waals surface area contributed by atoms with E-state index in [1.165, 1.54) is 18.9 Å². The van der Waals surface area contributed by atoms with Gasteiger partial charge in [-0.1, -0.05) is 24.4 Å². The number of likely N-dealkylation sites (tertiary alicyclic amines) is 1. The zero-order chi connectivity index (χ0) is 14.4. The van der Waals surface area contributed by atoms with Crippen LogP contribution in [0.25, 0.3) is 0 Å². The second-order valence-electron chi connectivity index (χ2n) is 4.89. The number of hydrogen-bond donors (Lipinski definition) is 0. The number of rotatable bonds is 4. The summed E-state index contributed by atoms with van der Waals surface area (Å²) in [6.07, 6.45) is 5.20. The Morgan fingerprint density at radius 1 is 1.25 bits per heavy atom. The van der Waals surface area contributed by atoms with Gasteiger partial charge in [-0.2, -0.15) is 0 Å². The summed E-state index contributed by atoms with van der Waals surface area (Å²) in [5, 5.41) is 0.346. The molecular formula is C15H18ClNO3. The number of carbonyl (C=O) groups excluding carboxylic acids is 2. The van der Waals surface area contributed by atoms with E-state index in [1.54, 1.807) is 12.1 Å². The van der Waals surface area contributed by atoms with Gasteiger partial charge in [0.25, 0.3) is 5.91 Å². The zero-order valence-electron chi connectivity index (χ0n) is 11.3. The Balaban J connectivity index is 1.90. The van der Waals surface area contributed by atoms with Crippen molar-refractivity contribution in [2.45, 2.75) is 25.7 Å². The van der Waals surface area contributed by atoms with E-state index in [0.717, 1.165) is 32.2 Å². The van der Waals surface area contributed by atoms with Crippen LogP contribution in [0.2, 0.25) is 5.02 Å². The van der Waals surface area contributed by atoms with E-state index in [1.807, 2.05) is 4.90 Å². The first kappa shape index (κ1) is 14.9. The topological polar surface area (TPSA) is 46.6 Å². The fourth-order valence-corrected chi connectivity index (χ4v) is 2.50. The van der Waals surface area contributed by atoms with Crippen LogP contribution in [-0.4, -0.2) is 36.8 Å². The first-order chi connectivity index (χ1) is 9.70. The average molecular weight is 296 g/mol. The first-order valence-electron chi connectivity index (χ1n) is 6.86. The molecular weight excluding hydrogens is 278 g/mol. The molecule has 1 amide bonds. The highest BCUT2D eigenvalue weighted by Crippen LogP contribution is 2.25. The van der Waals surface area contributed by atoms with Crippen LogP contribution in [0.1, 0.15) is 36.0 Å². The second-order valence-corrected chi connectivity index (χ2v) is 5.30. The lowest BCUT2D eigenvalue weighted by atomic mass is 10.2. The number of halogens is 1. The summed E-state index contributed by atoms with van der Waals surface area (Å²) < 4.78 is 5.45. The highest BCUT2D eigenvalue weighted by Gasteiger charge is 2.16. The van der Waals surface area contributed by atoms with Gasteiger partial charge in [0.2, 0.25) is 0 Å². The van der Waals surface area contributed by atoms with Gasteiger partial charge in [0, 0.05) is 18.7 Å². The molecule has 0 aromatic heterocycles. The third-order valence-electron chi connectivity index (χ3n) is 3.40. The van der Waals surface area contributed by atoms with Crippen LogP contribution in [0.3, 0.4) is 0 Å². The number of carbonyl (C=O) groups is 2. The highest BCUT2D eigenvalue weighted by atomic mass is 35.5. The summed E-state index contributed by atoms with van der Waals surface area (Å²) in [7, 11) is 0. The molecule has 1 saturated heterocycles. The highest BCUT2D eigenvalue weighted by molar-refractivity contribution is 6.32. The number of hydrogen-bond acceptors (Lipinski definition) is 3. The zero-order valence-corrected chi connectivity index (χ0v) is 12.1. The molecule has 1 aromatic carbocycles. The summed E-state index contributed by atoms with van der Waals surface area (Å²) in [6, 6.07) is 4.76. The van der Waals surface area contributed by atoms with Crippen LogP contribution in [0.4, 0.5) is 0 Å². The predicted octanol–water partition coefficient (Wildman–Crippen LogP) is 2.93. The van der Waals surface area contributed by atoms with Gasteiger partial charge in [0.05, 0.1) is 5.02 Å². The van der Waals surface area contributed by atoms with Crippen molar-refractivity contribution in [3.63, 3.8) is 0 Å². The van der Waals surface area contributed by atoms with Crippen LogP contribution in [-0.2, 0) is 4.79 Å². The molecule has 0 radical (unpaired) electrons. The lowest BCUT2D eigenvalue weighted by molar-refractivity contribution is -0.133. The Bertz CT molecular complexity index is 482. The second kappa shape index (κ2) is 7.29. The Morgan fingerprint density at radius 2 is 1.95 bits per heavy atom. The molecule has 1 aliphatic heterocycles. The number of amides is 1. The molecule has 1 fully saturated rings. The van der Waals surface area contributed by atoms with E-state index >= 15 is 0 Å². The van der Waals surface area contributed by atoms with Gasteiger partial charge >= 0.3 is 0 Å². The van der Waals surface area contributed by atoms with Crippen LogP contribution in [0.5, 0.6) is 5.75 Å². The van der Waals surface area contributed by atoms with Crippen molar-refractivity contribution >= 4 is 23.8 Å². The molecule has 20 heavy (non-hydrogen) atoms. The minimum atomic E-state index is -0.0137. The molecule has 0 N–H and O–H groups in total. The van der Waals surface area contributed by atoms with Gasteiger partial charge in [0.15, 0.2) is 6.61 Å². The lowest BCUT2D eigenvalue weighted by Crippen LogP contribution is -2.35. The van der Waals surface area contributed by atoms with Crippen molar-refractivity contribution in [1.29, 1.82) is 0 Å². The molecule has 108 valence electrons. The summed E-state index contributed by atoms with van der Waals surface area (Å²) in [4.78, 5) is 24.5. The quantitative estimate of drug-likeness (QED) is 0.802. The van der Waals surface area contributed by atoms with Gasteiger partial charge in [-0.3, -0.25) is 9.59 Å². The smallest absolute Gasteiger partial charge is 0.260 e. The van der Waals surface area contributed by atoms with Crippen molar-refractivity contribution in [3.05, 3.63) is 28.8 Å². The first-order valence-corrected chi connectivity index (χ1v) is 7.24. The Hall–Kier alpha value is -1.55. The normalized spacial score (nSPS) is 15.6. The maximum absolute atomic E-state index is 12.1. The van der Waals surface area contributed by atoms with Gasteiger partial charge < -0.3 is 9.64 Å². The van der Waals surface area contributed by atoms with E-state index in [2.05, 4.69) is 0 Å². The Labute approximate surface area is 123 Å². The van der Waals surface area contributed by atoms with Gasteiger partial charge in [-0.25, -0.2) is 0 Å². The monoisotopic (exact) mass is 295 g/mol. The largest absolute Gasteiger partial charge is 0.482 e. The molecule has 2 rings (SSSR count). The van der Waals surface area contributed by atoms with Crippen molar-refractivity contribution in [1.82, 2.24) is 4.90 Å². The molecule has 0 atom stereocenters. The molecule has 1 aromatic rings. The van der Waals surface area contributed by atoms with E-state index in [9.17, 15) is 9.59 Å². The van der Waals surface area contributed by atoms with Crippen molar-refractivity contribution in [3.8, 4) is 5.75 Å². The van der Waals surface area contributed by atoms with E-state index < -0.39 is 0 Å². The summed E-state index contributed by atoms with van der Waals surface area (Å²) in [5.74, 6) is 0.419. The molecule has 1 heterocycles. The maximum Gasteiger partial charge on any atom is 0.260 e. The van der Waals surface area contributed by atoms with E-state index in [4.69, 9.17) is 16.3 Å². The van der Waals surface area contributed by atoms with Crippen LogP contribution in [0.15, 0.2) is 18.2 Å². The van der Waals surface area contributed by atoms with Crippen molar-refractivity contribution in [2.75, 3.05) is 19.7 Å². The lowest BCUT2D eigenvalue weighted by Gasteiger charge is -2.20. The Kier molecular flexibility index (Phi) is 5.41. The molecule has 0 saturated carbocycles. The van der Waals surface area contributed by atoms with Crippen LogP contribution >= 0.6 is 11.6 Å². The van der Waals surface area contributed by atoms with Gasteiger partial charge in [-0.05, 0) is 31.0 Å². The molecule has 0 unspecified atom stereocenters. The molecule has 4 nitrogen and oxygen atoms in total. The number of aldehydes is 1. The standard InChI is InChI=1S/C15H18ClNO3/c16-13-9-12(10-18)5-6-14(13)20-11-15(19)17-7-3-1-2-4-8-17/h5-6,9-10H,1-4,7-8,11H2. The predicted molar refractivity (Wildman–Crippen MR) is 77.4 cm³/mol. The summed E-state index contributed by atoms with van der Waals surface area (Å²) >= 11 is 5.99. The fourth-order valence-electron chi connectivity index (χ4n) is 2.26. The summed E-state index contributed by atoms with van der Waals surface area (Å²) in [5.41, 5.74) is 0.487. The molecule has 0 aliphatic carbocycles. The Morgan fingerprint density at radius 3 is 2.55 bits per heavy atom. The minimum Gasteiger partial charge on any atom is -0.482 e. The molecule has 1 aliphatic rings. The van der Waals surface area contributed by atoms with Gasteiger partial charge in [-0.15, -0.1) is 0 Å². The van der Waals surface area contributed by atoms with E-state index in [-0.39, 0.29) is 12.5 Å². The number of benzene rings is 1. The van der Waals surface area contributed by atoms with E-state index in [0.29, 0.717) is 16.3 Å². The third-order valence-corrected chi connectivity index (χ3v) is 3.70. The third kappa shape index (κ3) is 3.97. The number of ether oxygens (including phenoxy) is 1. The molecule has 5 heteroatoms. The van der Waals surface area contributed by atoms with Crippen LogP contribution < -0.4 is 4.74 Å². The fraction of sp³-hybridized carbons (Fsp3) is 0.467. The molecule has 0 spiro atoms. The minimum absolute atomic E-state index is 0.0116. The summed E-state index contributed by atoms with van der Waals surface area (Å²) in [6.45, 7) is 1.60. The number of nitrogens with zero attached hydrogens (tertiary/aromatic N) is 1. The van der Waals surface area contributed by atoms with Gasteiger partial charge in [0.1, 0.15) is 12.0 Å². The maximum atomic E-state index is 12.1. The van der Waals surface area contributed by atoms with Crippen LogP contribution in [0, 0.1) is 0 Å². The average Bonchev–Trinajstić information content (AvgIpc) is 2.74. The molecule has 0 bridgehead atoms.